The average molecular weight is 211 g/mol. The topological polar surface area (TPSA) is 51.8 Å². The minimum absolute atomic E-state index is 0.582. The summed E-state index contributed by atoms with van der Waals surface area (Å²) >= 11 is 3.16. The number of thiophene rings is 1. The lowest BCUT2D eigenvalue weighted by Gasteiger charge is -1.97. The van der Waals surface area contributed by atoms with Crippen LogP contribution in [0.1, 0.15) is 4.88 Å². The predicted octanol–water partition coefficient (Wildman–Crippen LogP) is 2.30. The smallest absolute Gasteiger partial charge is 0.190 e. The van der Waals surface area contributed by atoms with Gasteiger partial charge in [0.1, 0.15) is 10.6 Å². The lowest BCUT2D eigenvalue weighted by atomic mass is 10.3. The van der Waals surface area contributed by atoms with Crippen LogP contribution in [0.4, 0.5) is 5.82 Å². The van der Waals surface area contributed by atoms with Crippen LogP contribution in [0.2, 0.25) is 0 Å². The zero-order valence-corrected chi connectivity index (χ0v) is 9.00. The van der Waals surface area contributed by atoms with Gasteiger partial charge in [0, 0.05) is 4.88 Å². The van der Waals surface area contributed by atoms with Crippen LogP contribution >= 0.6 is 23.1 Å². The summed E-state index contributed by atoms with van der Waals surface area (Å²) < 4.78 is 0. The number of rotatable bonds is 1. The Morgan fingerprint density at radius 3 is 2.92 bits per heavy atom. The standard InChI is InChI=1S/C8H9N3S2/c1-4-3-5-6(9)10-8(12-2)11-7(5)13-4/h3H,1-2H3,(H2,9,10,11). The molecule has 0 atom stereocenters. The van der Waals surface area contributed by atoms with E-state index in [9.17, 15) is 0 Å². The molecule has 2 aromatic heterocycles. The van der Waals surface area contributed by atoms with Crippen LogP contribution in [0.5, 0.6) is 0 Å². The number of fused-ring (bicyclic) bond motifs is 1. The normalized spacial score (nSPS) is 10.9. The minimum Gasteiger partial charge on any atom is -0.383 e. The Kier molecular flexibility index (Phi) is 2.13. The van der Waals surface area contributed by atoms with Crippen LogP contribution in [0.3, 0.4) is 0 Å². The van der Waals surface area contributed by atoms with E-state index < -0.39 is 0 Å². The van der Waals surface area contributed by atoms with Crippen molar-refractivity contribution < 1.29 is 0 Å². The summed E-state index contributed by atoms with van der Waals surface area (Å²) in [7, 11) is 0. The van der Waals surface area contributed by atoms with Crippen LogP contribution in [-0.2, 0) is 0 Å². The highest BCUT2D eigenvalue weighted by Crippen LogP contribution is 2.28. The summed E-state index contributed by atoms with van der Waals surface area (Å²) in [5.74, 6) is 0.582. The van der Waals surface area contributed by atoms with Gasteiger partial charge in [0.25, 0.3) is 0 Å². The molecule has 0 fully saturated rings. The molecule has 0 radical (unpaired) electrons. The molecule has 2 rings (SSSR count). The molecule has 0 saturated carbocycles. The van der Waals surface area contributed by atoms with Crippen molar-refractivity contribution in [1.29, 1.82) is 0 Å². The Bertz CT molecular complexity index is 450. The summed E-state index contributed by atoms with van der Waals surface area (Å²) in [5, 5.41) is 1.71. The number of anilines is 1. The number of nitrogens with two attached hydrogens (primary N) is 1. The molecule has 2 aromatic rings. The highest BCUT2D eigenvalue weighted by molar-refractivity contribution is 7.98. The van der Waals surface area contributed by atoms with Gasteiger partial charge in [0.15, 0.2) is 5.16 Å². The molecule has 3 nitrogen and oxygen atoms in total. The number of aromatic nitrogens is 2. The molecule has 0 aliphatic heterocycles. The van der Waals surface area contributed by atoms with Crippen molar-refractivity contribution in [3.63, 3.8) is 0 Å². The van der Waals surface area contributed by atoms with Gasteiger partial charge in [-0.05, 0) is 19.2 Å². The van der Waals surface area contributed by atoms with Gasteiger partial charge >= 0.3 is 0 Å². The number of thioether (sulfide) groups is 1. The van der Waals surface area contributed by atoms with E-state index >= 15 is 0 Å². The van der Waals surface area contributed by atoms with Gasteiger partial charge in [-0.3, -0.25) is 0 Å². The van der Waals surface area contributed by atoms with Gasteiger partial charge in [0.05, 0.1) is 5.39 Å². The summed E-state index contributed by atoms with van der Waals surface area (Å²) in [4.78, 5) is 10.7. The van der Waals surface area contributed by atoms with E-state index in [-0.39, 0.29) is 0 Å². The van der Waals surface area contributed by atoms with Crippen molar-refractivity contribution in [1.82, 2.24) is 9.97 Å². The zero-order valence-electron chi connectivity index (χ0n) is 7.37. The number of hydrogen-bond acceptors (Lipinski definition) is 5. The van der Waals surface area contributed by atoms with Crippen LogP contribution < -0.4 is 5.73 Å². The third-order valence-electron chi connectivity index (χ3n) is 1.71. The molecule has 0 aliphatic rings. The van der Waals surface area contributed by atoms with Gasteiger partial charge < -0.3 is 5.73 Å². The van der Waals surface area contributed by atoms with Crippen molar-refractivity contribution in [2.45, 2.75) is 12.1 Å². The van der Waals surface area contributed by atoms with Crippen LogP contribution in [0, 0.1) is 6.92 Å². The number of aryl methyl sites for hydroxylation is 1. The molecule has 68 valence electrons. The molecule has 0 spiro atoms. The third kappa shape index (κ3) is 1.49. The third-order valence-corrected chi connectivity index (χ3v) is 3.20. The second-order valence-electron chi connectivity index (χ2n) is 2.67. The van der Waals surface area contributed by atoms with E-state index in [2.05, 4.69) is 9.97 Å². The fourth-order valence-corrected chi connectivity index (χ4v) is 2.45. The van der Waals surface area contributed by atoms with Crippen LogP contribution in [0.25, 0.3) is 10.2 Å². The van der Waals surface area contributed by atoms with Crippen molar-refractivity contribution >= 4 is 39.1 Å². The Labute approximate surface area is 84.4 Å². The first-order valence-corrected chi connectivity index (χ1v) is 5.82. The van der Waals surface area contributed by atoms with E-state index in [4.69, 9.17) is 5.73 Å². The predicted molar refractivity (Wildman–Crippen MR) is 58.3 cm³/mol. The molecular weight excluding hydrogens is 202 g/mol. The van der Waals surface area contributed by atoms with E-state index in [0.29, 0.717) is 5.82 Å². The van der Waals surface area contributed by atoms with Gasteiger partial charge in [-0.25, -0.2) is 9.97 Å². The first-order valence-electron chi connectivity index (χ1n) is 3.78. The maximum absolute atomic E-state index is 5.79. The quantitative estimate of drug-likeness (QED) is 0.581. The molecule has 2 N–H and O–H groups in total. The van der Waals surface area contributed by atoms with Crippen molar-refractivity contribution in [2.24, 2.45) is 0 Å². The summed E-state index contributed by atoms with van der Waals surface area (Å²) in [6.07, 6.45) is 1.95. The molecule has 0 amide bonds. The van der Waals surface area contributed by atoms with E-state index in [1.807, 2.05) is 19.2 Å². The monoisotopic (exact) mass is 211 g/mol. The van der Waals surface area contributed by atoms with Crippen molar-refractivity contribution in [3.05, 3.63) is 10.9 Å². The Balaban J connectivity index is 2.75. The molecule has 2 heterocycles. The van der Waals surface area contributed by atoms with Gasteiger partial charge in [-0.2, -0.15) is 0 Å². The lowest BCUT2D eigenvalue weighted by Crippen LogP contribution is -1.93. The molecule has 13 heavy (non-hydrogen) atoms. The Morgan fingerprint density at radius 2 is 2.23 bits per heavy atom. The van der Waals surface area contributed by atoms with Gasteiger partial charge in [-0.15, -0.1) is 11.3 Å². The molecular formula is C8H9N3S2. The summed E-state index contributed by atoms with van der Waals surface area (Å²) in [5.41, 5.74) is 5.79. The first-order chi connectivity index (χ1) is 6.20. The number of nitrogen functional groups attached to an aromatic ring is 1. The largest absolute Gasteiger partial charge is 0.383 e. The fourth-order valence-electron chi connectivity index (χ4n) is 1.13. The highest BCUT2D eigenvalue weighted by Gasteiger charge is 2.06. The van der Waals surface area contributed by atoms with Crippen molar-refractivity contribution in [3.8, 4) is 0 Å². The second-order valence-corrected chi connectivity index (χ2v) is 4.68. The number of hydrogen-bond donors (Lipinski definition) is 1. The first kappa shape index (κ1) is 8.77. The van der Waals surface area contributed by atoms with Gasteiger partial charge in [0.2, 0.25) is 0 Å². The maximum Gasteiger partial charge on any atom is 0.190 e. The van der Waals surface area contributed by atoms with E-state index in [1.54, 1.807) is 11.3 Å². The van der Waals surface area contributed by atoms with Crippen LogP contribution in [0.15, 0.2) is 11.2 Å². The zero-order chi connectivity index (χ0) is 9.42. The Hall–Kier alpha value is -0.810. The van der Waals surface area contributed by atoms with E-state index in [0.717, 1.165) is 15.4 Å². The lowest BCUT2D eigenvalue weighted by molar-refractivity contribution is 1.02. The van der Waals surface area contributed by atoms with Crippen molar-refractivity contribution in [2.75, 3.05) is 12.0 Å². The molecule has 0 bridgehead atoms. The minimum atomic E-state index is 0.582. The molecule has 5 heteroatoms. The van der Waals surface area contributed by atoms with Gasteiger partial charge in [-0.1, -0.05) is 11.8 Å². The molecule has 0 saturated heterocycles. The van der Waals surface area contributed by atoms with Crippen LogP contribution in [-0.4, -0.2) is 16.2 Å². The summed E-state index contributed by atoms with van der Waals surface area (Å²) in [6.45, 7) is 2.05. The Morgan fingerprint density at radius 1 is 1.46 bits per heavy atom. The molecule has 0 aromatic carbocycles. The maximum atomic E-state index is 5.79. The fraction of sp³-hybridized carbons (Fsp3) is 0.250. The summed E-state index contributed by atoms with van der Waals surface area (Å²) in [6, 6.07) is 2.03. The molecule has 0 aliphatic carbocycles. The number of nitrogens with zero attached hydrogens (tertiary/aromatic N) is 2. The van der Waals surface area contributed by atoms with E-state index in [1.165, 1.54) is 16.6 Å². The second kappa shape index (κ2) is 3.16. The molecule has 0 unspecified atom stereocenters. The average Bonchev–Trinajstić information content (AvgIpc) is 2.46. The highest BCUT2D eigenvalue weighted by atomic mass is 32.2. The SMILES string of the molecule is CSc1nc(N)c2cc(C)sc2n1.